The number of rotatable bonds is 4. The fourth-order valence-corrected chi connectivity index (χ4v) is 5.76. The molecule has 0 amide bonds. The Bertz CT molecular complexity index is 1410. The van der Waals surface area contributed by atoms with Gasteiger partial charge in [0.15, 0.2) is 5.82 Å². The first-order valence-electron chi connectivity index (χ1n) is 12.4. The fraction of sp³-hybridized carbons (Fsp3) is 0.407. The highest BCUT2D eigenvalue weighted by atomic mass is 16.1. The lowest BCUT2D eigenvalue weighted by Gasteiger charge is -2.37. The van der Waals surface area contributed by atoms with Crippen LogP contribution < -0.4 is 10.5 Å². The molecule has 0 spiro atoms. The lowest BCUT2D eigenvalue weighted by molar-refractivity contribution is 0.425. The summed E-state index contributed by atoms with van der Waals surface area (Å²) in [4.78, 5) is 19.1. The van der Waals surface area contributed by atoms with E-state index < -0.39 is 0 Å². The third kappa shape index (κ3) is 3.50. The van der Waals surface area contributed by atoms with Crippen molar-refractivity contribution in [2.75, 3.05) is 11.4 Å². The van der Waals surface area contributed by atoms with Crippen LogP contribution in [0.4, 0.5) is 5.69 Å². The van der Waals surface area contributed by atoms with Crippen molar-refractivity contribution >= 4 is 16.6 Å². The minimum atomic E-state index is -0.355. The van der Waals surface area contributed by atoms with E-state index >= 15 is 0 Å². The van der Waals surface area contributed by atoms with Crippen LogP contribution in [-0.2, 0) is 6.42 Å². The Hall–Kier alpha value is -3.48. The molecule has 0 bridgehead atoms. The molecule has 2 aromatic carbocycles. The van der Waals surface area contributed by atoms with E-state index in [1.54, 1.807) is 0 Å². The van der Waals surface area contributed by atoms with E-state index in [-0.39, 0.29) is 17.6 Å². The number of nitrogens with zero attached hydrogens (tertiary/aromatic N) is 5. The zero-order valence-corrected chi connectivity index (χ0v) is 19.8. The summed E-state index contributed by atoms with van der Waals surface area (Å²) in [6.07, 6.45) is 6.61. The van der Waals surface area contributed by atoms with Crippen LogP contribution in [0.3, 0.4) is 0 Å². The van der Waals surface area contributed by atoms with Crippen molar-refractivity contribution in [1.82, 2.24) is 25.2 Å². The summed E-state index contributed by atoms with van der Waals surface area (Å²) in [6, 6.07) is 14.7. The fourth-order valence-electron chi connectivity index (χ4n) is 5.76. The summed E-state index contributed by atoms with van der Waals surface area (Å²) in [5.74, 6) is 0.761. The lowest BCUT2D eigenvalue weighted by Crippen LogP contribution is -2.38. The predicted molar refractivity (Wildman–Crippen MR) is 133 cm³/mol. The first kappa shape index (κ1) is 21.1. The topological polar surface area (TPSA) is 79.7 Å². The van der Waals surface area contributed by atoms with Crippen LogP contribution in [0.1, 0.15) is 72.3 Å². The number of nitrogens with one attached hydrogen (secondary N) is 1. The SMILES string of the molecule is Cc1cc2cc([C@H](c3nnnn3C3CCCC3)N3CCCc4ccccc43)c(=O)[nH]c2cc1C. The van der Waals surface area contributed by atoms with Crippen LogP contribution in [0, 0.1) is 13.8 Å². The Kier molecular flexibility index (Phi) is 5.20. The van der Waals surface area contributed by atoms with E-state index in [0.717, 1.165) is 49.0 Å². The van der Waals surface area contributed by atoms with Crippen LogP contribution in [-0.4, -0.2) is 31.7 Å². The highest BCUT2D eigenvalue weighted by Gasteiger charge is 2.35. The van der Waals surface area contributed by atoms with Gasteiger partial charge in [0.1, 0.15) is 6.04 Å². The van der Waals surface area contributed by atoms with Crippen molar-refractivity contribution in [3.63, 3.8) is 0 Å². The second kappa shape index (κ2) is 8.38. The van der Waals surface area contributed by atoms with Crippen molar-refractivity contribution in [3.05, 3.63) is 80.9 Å². The molecule has 0 unspecified atom stereocenters. The van der Waals surface area contributed by atoms with E-state index in [2.05, 4.69) is 81.7 Å². The maximum atomic E-state index is 13.6. The average molecular weight is 455 g/mol. The molecule has 34 heavy (non-hydrogen) atoms. The first-order valence-corrected chi connectivity index (χ1v) is 12.4. The number of benzene rings is 2. The third-order valence-electron chi connectivity index (χ3n) is 7.67. The number of H-pyrrole nitrogens is 1. The molecule has 1 N–H and O–H groups in total. The van der Waals surface area contributed by atoms with Crippen molar-refractivity contribution in [1.29, 1.82) is 0 Å². The molecule has 2 aromatic heterocycles. The minimum Gasteiger partial charge on any atom is -0.357 e. The van der Waals surface area contributed by atoms with Gasteiger partial charge in [0.25, 0.3) is 5.56 Å². The predicted octanol–water partition coefficient (Wildman–Crippen LogP) is 4.79. The van der Waals surface area contributed by atoms with Gasteiger partial charge in [-0.2, -0.15) is 0 Å². The number of fused-ring (bicyclic) bond motifs is 2. The second-order valence-electron chi connectivity index (χ2n) is 9.83. The molecule has 1 atom stereocenters. The van der Waals surface area contributed by atoms with Gasteiger partial charge in [-0.1, -0.05) is 31.0 Å². The van der Waals surface area contributed by atoms with Gasteiger partial charge in [0.05, 0.1) is 6.04 Å². The highest BCUT2D eigenvalue weighted by molar-refractivity contribution is 5.81. The molecule has 174 valence electrons. The summed E-state index contributed by atoms with van der Waals surface area (Å²) in [5, 5.41) is 14.1. The van der Waals surface area contributed by atoms with Gasteiger partial charge in [-0.3, -0.25) is 4.79 Å². The van der Waals surface area contributed by atoms with E-state index in [4.69, 9.17) is 0 Å². The molecular weight excluding hydrogens is 424 g/mol. The maximum Gasteiger partial charge on any atom is 0.254 e. The van der Waals surface area contributed by atoms with Crippen LogP contribution in [0.5, 0.6) is 0 Å². The molecule has 1 fully saturated rings. The maximum absolute atomic E-state index is 13.6. The number of tetrazole rings is 1. The molecule has 0 saturated heterocycles. The van der Waals surface area contributed by atoms with Gasteiger partial charge >= 0.3 is 0 Å². The van der Waals surface area contributed by atoms with Gasteiger partial charge < -0.3 is 9.88 Å². The Morgan fingerprint density at radius 3 is 2.68 bits per heavy atom. The zero-order chi connectivity index (χ0) is 23.2. The van der Waals surface area contributed by atoms with Gasteiger partial charge in [0, 0.05) is 23.3 Å². The molecule has 7 nitrogen and oxygen atoms in total. The molecular formula is C27H30N6O. The van der Waals surface area contributed by atoms with Crippen molar-refractivity contribution in [2.45, 2.75) is 64.5 Å². The molecule has 1 aliphatic heterocycles. The number of aromatic nitrogens is 5. The summed E-state index contributed by atoms with van der Waals surface area (Å²) in [5.41, 5.74) is 6.33. The van der Waals surface area contributed by atoms with Crippen LogP contribution in [0.2, 0.25) is 0 Å². The molecule has 2 aliphatic rings. The number of hydrogen-bond donors (Lipinski definition) is 1. The minimum absolute atomic E-state index is 0.0789. The molecule has 7 heteroatoms. The average Bonchev–Trinajstić information content (AvgIpc) is 3.53. The number of hydrogen-bond acceptors (Lipinski definition) is 5. The van der Waals surface area contributed by atoms with Gasteiger partial charge in [-0.25, -0.2) is 4.68 Å². The summed E-state index contributed by atoms with van der Waals surface area (Å²) in [7, 11) is 0. The largest absolute Gasteiger partial charge is 0.357 e. The number of pyridine rings is 1. The molecule has 1 saturated carbocycles. The van der Waals surface area contributed by atoms with Gasteiger partial charge in [-0.05, 0) is 96.3 Å². The standard InChI is InChI=1S/C27H30N6O/c1-17-14-20-16-22(27(34)28-23(20)15-18(17)2)25(26-29-30-31-33(26)21-10-4-5-11-21)32-13-7-9-19-8-3-6-12-24(19)32/h3,6,8,12,14-16,21,25H,4-5,7,9-11,13H2,1-2H3,(H,28,34)/t25-/m1/s1. The molecule has 6 rings (SSSR count). The Morgan fingerprint density at radius 2 is 1.82 bits per heavy atom. The van der Waals surface area contributed by atoms with E-state index in [1.165, 1.54) is 35.2 Å². The number of aryl methyl sites for hydroxylation is 3. The second-order valence-corrected chi connectivity index (χ2v) is 9.83. The lowest BCUT2D eigenvalue weighted by atomic mass is 9.95. The molecule has 4 aromatic rings. The third-order valence-corrected chi connectivity index (χ3v) is 7.67. The summed E-state index contributed by atoms with van der Waals surface area (Å²) >= 11 is 0. The van der Waals surface area contributed by atoms with Crippen LogP contribution in [0.25, 0.3) is 10.9 Å². The number of para-hydroxylation sites is 1. The number of aromatic amines is 1. The Balaban J connectivity index is 1.57. The van der Waals surface area contributed by atoms with Gasteiger partial charge in [-0.15, -0.1) is 5.10 Å². The normalized spacial score (nSPS) is 17.3. The molecule has 1 aliphatic carbocycles. The van der Waals surface area contributed by atoms with E-state index in [9.17, 15) is 4.79 Å². The van der Waals surface area contributed by atoms with E-state index in [0.29, 0.717) is 5.56 Å². The Labute approximate surface area is 198 Å². The first-order chi connectivity index (χ1) is 16.6. The molecule has 0 radical (unpaired) electrons. The smallest absolute Gasteiger partial charge is 0.254 e. The van der Waals surface area contributed by atoms with Gasteiger partial charge in [0.2, 0.25) is 0 Å². The monoisotopic (exact) mass is 454 g/mol. The summed E-state index contributed by atoms with van der Waals surface area (Å²) in [6.45, 7) is 5.03. The van der Waals surface area contributed by atoms with Crippen molar-refractivity contribution < 1.29 is 0 Å². The van der Waals surface area contributed by atoms with Crippen molar-refractivity contribution in [2.24, 2.45) is 0 Å². The Morgan fingerprint density at radius 1 is 1.03 bits per heavy atom. The van der Waals surface area contributed by atoms with Crippen molar-refractivity contribution in [3.8, 4) is 0 Å². The zero-order valence-electron chi connectivity index (χ0n) is 19.8. The molecule has 3 heterocycles. The number of anilines is 1. The summed E-state index contributed by atoms with van der Waals surface area (Å²) < 4.78 is 2.00. The highest BCUT2D eigenvalue weighted by Crippen LogP contribution is 2.39. The quantitative estimate of drug-likeness (QED) is 0.480. The van der Waals surface area contributed by atoms with E-state index in [1.807, 2.05) is 4.68 Å². The van der Waals surface area contributed by atoms with Crippen LogP contribution >= 0.6 is 0 Å². The van der Waals surface area contributed by atoms with Crippen LogP contribution in [0.15, 0.2) is 47.3 Å².